The van der Waals surface area contributed by atoms with Gasteiger partial charge in [-0.15, -0.1) is 0 Å². The third-order valence-corrected chi connectivity index (χ3v) is 7.17. The highest BCUT2D eigenvalue weighted by molar-refractivity contribution is 9.10. The molecular formula is C28H25BrN2O5S. The molecule has 0 unspecified atom stereocenters. The molecule has 3 amide bonds. The Bertz CT molecular complexity index is 1340. The second kappa shape index (κ2) is 12.1. The van der Waals surface area contributed by atoms with Gasteiger partial charge >= 0.3 is 0 Å². The molecule has 0 radical (unpaired) electrons. The number of amides is 3. The number of aryl methyl sites for hydroxylation is 2. The first-order valence-electron chi connectivity index (χ1n) is 11.5. The van der Waals surface area contributed by atoms with Crippen molar-refractivity contribution in [1.29, 1.82) is 0 Å². The van der Waals surface area contributed by atoms with Gasteiger partial charge in [-0.3, -0.25) is 19.3 Å². The van der Waals surface area contributed by atoms with E-state index in [9.17, 15) is 14.4 Å². The molecule has 1 aliphatic heterocycles. The van der Waals surface area contributed by atoms with Crippen molar-refractivity contribution in [3.8, 4) is 11.5 Å². The Morgan fingerprint density at radius 1 is 0.973 bits per heavy atom. The topological polar surface area (TPSA) is 84.9 Å². The van der Waals surface area contributed by atoms with Crippen molar-refractivity contribution in [3.63, 3.8) is 0 Å². The number of hydrogen-bond donors (Lipinski definition) is 1. The van der Waals surface area contributed by atoms with Crippen LogP contribution in [-0.4, -0.2) is 41.7 Å². The fourth-order valence-corrected chi connectivity index (χ4v) is 4.91. The number of carbonyl (C=O) groups is 3. The predicted octanol–water partition coefficient (Wildman–Crippen LogP) is 6.20. The van der Waals surface area contributed by atoms with E-state index in [0.29, 0.717) is 22.1 Å². The van der Waals surface area contributed by atoms with Crippen molar-refractivity contribution in [1.82, 2.24) is 4.90 Å². The molecule has 1 fully saturated rings. The van der Waals surface area contributed by atoms with Crippen molar-refractivity contribution >= 4 is 56.5 Å². The number of ether oxygens (including phenoxy) is 2. The van der Waals surface area contributed by atoms with Crippen LogP contribution in [0.5, 0.6) is 11.5 Å². The Hall–Kier alpha value is -3.56. The zero-order chi connectivity index (χ0) is 26.4. The molecule has 0 aromatic heterocycles. The van der Waals surface area contributed by atoms with Gasteiger partial charge in [-0.05, 0) is 101 Å². The molecule has 3 aromatic carbocycles. The smallest absolute Gasteiger partial charge is 0.293 e. The normalized spacial score (nSPS) is 14.2. The lowest BCUT2D eigenvalue weighted by Crippen LogP contribution is -2.32. The number of para-hydroxylation sites is 1. The molecule has 0 bridgehead atoms. The lowest BCUT2D eigenvalue weighted by atomic mass is 10.1. The van der Waals surface area contributed by atoms with E-state index >= 15 is 0 Å². The molecule has 0 saturated carbocycles. The summed E-state index contributed by atoms with van der Waals surface area (Å²) in [5.41, 5.74) is 3.63. The number of nitrogens with one attached hydrogen (secondary N) is 1. The summed E-state index contributed by atoms with van der Waals surface area (Å²) in [5.74, 6) is 0.569. The van der Waals surface area contributed by atoms with Crippen molar-refractivity contribution in [2.24, 2.45) is 0 Å². The molecule has 1 heterocycles. The number of benzene rings is 3. The van der Waals surface area contributed by atoms with Gasteiger partial charge in [0.15, 0.2) is 6.61 Å². The SMILES string of the molecule is Cc1cc(Br)c(NC(=O)COc2ccc(/C=C3\SC(=O)N(CCOc4ccccc4)C3=O)cc2)cc1C. The zero-order valence-electron chi connectivity index (χ0n) is 20.3. The van der Waals surface area contributed by atoms with E-state index in [2.05, 4.69) is 21.2 Å². The van der Waals surface area contributed by atoms with Crippen LogP contribution in [0.1, 0.15) is 16.7 Å². The monoisotopic (exact) mass is 580 g/mol. The van der Waals surface area contributed by atoms with E-state index in [1.807, 2.05) is 56.3 Å². The minimum Gasteiger partial charge on any atom is -0.492 e. The molecule has 0 aliphatic carbocycles. The molecule has 1 saturated heterocycles. The number of rotatable bonds is 9. The lowest BCUT2D eigenvalue weighted by molar-refractivity contribution is -0.123. The van der Waals surface area contributed by atoms with Crippen molar-refractivity contribution < 1.29 is 23.9 Å². The summed E-state index contributed by atoms with van der Waals surface area (Å²) in [6, 6.07) is 20.0. The fraction of sp³-hybridized carbons (Fsp3) is 0.179. The highest BCUT2D eigenvalue weighted by Gasteiger charge is 2.34. The maximum Gasteiger partial charge on any atom is 0.293 e. The van der Waals surface area contributed by atoms with E-state index in [-0.39, 0.29) is 36.8 Å². The highest BCUT2D eigenvalue weighted by atomic mass is 79.9. The van der Waals surface area contributed by atoms with Crippen LogP contribution >= 0.6 is 27.7 Å². The first kappa shape index (κ1) is 26.5. The van der Waals surface area contributed by atoms with Gasteiger partial charge in [-0.2, -0.15) is 0 Å². The molecule has 9 heteroatoms. The molecule has 1 aliphatic rings. The van der Waals surface area contributed by atoms with Crippen LogP contribution in [0.4, 0.5) is 10.5 Å². The minimum absolute atomic E-state index is 0.150. The van der Waals surface area contributed by atoms with Crippen LogP contribution in [0, 0.1) is 13.8 Å². The second-order valence-corrected chi connectivity index (χ2v) is 10.2. The van der Waals surface area contributed by atoms with Crippen LogP contribution in [0.25, 0.3) is 6.08 Å². The quantitative estimate of drug-likeness (QED) is 0.303. The summed E-state index contributed by atoms with van der Waals surface area (Å²) in [4.78, 5) is 38.9. The molecule has 7 nitrogen and oxygen atoms in total. The van der Waals surface area contributed by atoms with Gasteiger partial charge in [0.2, 0.25) is 0 Å². The summed E-state index contributed by atoms with van der Waals surface area (Å²) in [7, 11) is 0. The number of carbonyl (C=O) groups excluding carboxylic acids is 3. The van der Waals surface area contributed by atoms with E-state index < -0.39 is 0 Å². The zero-order valence-corrected chi connectivity index (χ0v) is 22.7. The summed E-state index contributed by atoms with van der Waals surface area (Å²) < 4.78 is 12.0. The van der Waals surface area contributed by atoms with Gasteiger partial charge in [-0.25, -0.2) is 0 Å². The Balaban J connectivity index is 1.29. The van der Waals surface area contributed by atoms with Crippen molar-refractivity contribution in [2.75, 3.05) is 25.1 Å². The number of hydrogen-bond acceptors (Lipinski definition) is 6. The lowest BCUT2D eigenvalue weighted by Gasteiger charge is -2.13. The van der Waals surface area contributed by atoms with E-state index in [1.165, 1.54) is 4.90 Å². The first-order valence-corrected chi connectivity index (χ1v) is 13.1. The summed E-state index contributed by atoms with van der Waals surface area (Å²) in [6.45, 7) is 4.23. The fourth-order valence-electron chi connectivity index (χ4n) is 3.49. The number of nitrogens with zero attached hydrogens (tertiary/aromatic N) is 1. The van der Waals surface area contributed by atoms with Gasteiger partial charge in [0.25, 0.3) is 17.1 Å². The largest absolute Gasteiger partial charge is 0.492 e. The minimum atomic E-state index is -0.346. The molecule has 4 rings (SSSR count). The van der Waals surface area contributed by atoms with E-state index in [1.54, 1.807) is 30.3 Å². The summed E-state index contributed by atoms with van der Waals surface area (Å²) in [5, 5.41) is 2.51. The van der Waals surface area contributed by atoms with Crippen LogP contribution in [0.15, 0.2) is 76.1 Å². The Labute approximate surface area is 228 Å². The molecule has 0 spiro atoms. The Morgan fingerprint density at radius 3 is 2.38 bits per heavy atom. The van der Waals surface area contributed by atoms with Crippen molar-refractivity contribution in [3.05, 3.63) is 92.8 Å². The Morgan fingerprint density at radius 2 is 1.65 bits per heavy atom. The molecule has 190 valence electrons. The first-order chi connectivity index (χ1) is 17.8. The van der Waals surface area contributed by atoms with Gasteiger partial charge in [0.1, 0.15) is 18.1 Å². The van der Waals surface area contributed by atoms with Crippen molar-refractivity contribution in [2.45, 2.75) is 13.8 Å². The average molecular weight is 581 g/mol. The van der Waals surface area contributed by atoms with E-state index in [0.717, 1.165) is 32.9 Å². The van der Waals surface area contributed by atoms with Crippen LogP contribution in [-0.2, 0) is 9.59 Å². The number of thioether (sulfide) groups is 1. The third-order valence-electron chi connectivity index (χ3n) is 5.61. The predicted molar refractivity (Wildman–Crippen MR) is 149 cm³/mol. The standard InChI is InChI=1S/C28H25BrN2O5S/c1-18-14-23(29)24(15-19(18)2)30-26(32)17-36-22-10-8-20(9-11-22)16-25-27(33)31(28(34)37-25)12-13-35-21-6-4-3-5-7-21/h3-11,14-16H,12-13,17H2,1-2H3,(H,30,32)/b25-16-. The molecular weight excluding hydrogens is 556 g/mol. The molecule has 37 heavy (non-hydrogen) atoms. The maximum absolute atomic E-state index is 12.7. The van der Waals surface area contributed by atoms with Crippen LogP contribution in [0.2, 0.25) is 0 Å². The summed E-state index contributed by atoms with van der Waals surface area (Å²) >= 11 is 4.37. The van der Waals surface area contributed by atoms with Gasteiger partial charge in [0.05, 0.1) is 17.1 Å². The summed E-state index contributed by atoms with van der Waals surface area (Å²) in [6.07, 6.45) is 1.66. The number of imide groups is 1. The van der Waals surface area contributed by atoms with Gasteiger partial charge in [0, 0.05) is 4.47 Å². The average Bonchev–Trinajstić information content (AvgIpc) is 3.15. The van der Waals surface area contributed by atoms with Crippen LogP contribution < -0.4 is 14.8 Å². The number of anilines is 1. The third kappa shape index (κ3) is 7.02. The van der Waals surface area contributed by atoms with Gasteiger partial charge < -0.3 is 14.8 Å². The highest BCUT2D eigenvalue weighted by Crippen LogP contribution is 2.32. The molecule has 0 atom stereocenters. The second-order valence-electron chi connectivity index (χ2n) is 8.32. The van der Waals surface area contributed by atoms with Crippen LogP contribution in [0.3, 0.4) is 0 Å². The van der Waals surface area contributed by atoms with Gasteiger partial charge in [-0.1, -0.05) is 30.3 Å². The molecule has 1 N–H and O–H groups in total. The number of halogens is 1. The maximum atomic E-state index is 12.7. The molecule has 3 aromatic rings. The Kier molecular flexibility index (Phi) is 8.68. The van der Waals surface area contributed by atoms with E-state index in [4.69, 9.17) is 9.47 Å².